The fourth-order valence-electron chi connectivity index (χ4n) is 1.55. The van der Waals surface area contributed by atoms with Gasteiger partial charge in [-0.1, -0.05) is 17.7 Å². The number of non-ortho nitro benzene ring substituents is 1. The zero-order valence-electron chi connectivity index (χ0n) is 10.5. The maximum atomic E-state index is 10.7. The molecule has 102 valence electrons. The van der Waals surface area contributed by atoms with Gasteiger partial charge in [0.1, 0.15) is 0 Å². The molecule has 20 heavy (non-hydrogen) atoms. The summed E-state index contributed by atoms with van der Waals surface area (Å²) in [6.45, 7) is 2.02. The van der Waals surface area contributed by atoms with E-state index in [4.69, 9.17) is 11.6 Å². The minimum Gasteiger partial charge on any atom is -0.258 e. The predicted octanol–water partition coefficient (Wildman–Crippen LogP) is 4.91. The Bertz CT molecular complexity index is 702. The molecule has 0 bridgehead atoms. The summed E-state index contributed by atoms with van der Waals surface area (Å²) in [5.74, 6) is 0. The third kappa shape index (κ3) is 3.55. The smallest absolute Gasteiger partial charge is 0.258 e. The first kappa shape index (κ1) is 14.9. The molecule has 2 aromatic rings. The molecule has 2 rings (SSSR count). The zero-order valence-corrected chi connectivity index (χ0v) is 13.4. The topological polar surface area (TPSA) is 55.5 Å². The SMILES string of the molecule is Cc1ccc(N=Cc2cc([N+](=O)[O-])ccc2Cl)cc1I. The van der Waals surface area contributed by atoms with Crippen LogP contribution in [0.1, 0.15) is 11.1 Å². The highest BCUT2D eigenvalue weighted by molar-refractivity contribution is 14.1. The van der Waals surface area contributed by atoms with E-state index in [-0.39, 0.29) is 5.69 Å². The highest BCUT2D eigenvalue weighted by Gasteiger charge is 2.08. The van der Waals surface area contributed by atoms with Crippen LogP contribution in [0.2, 0.25) is 5.02 Å². The summed E-state index contributed by atoms with van der Waals surface area (Å²) in [4.78, 5) is 14.6. The van der Waals surface area contributed by atoms with Gasteiger partial charge in [0, 0.05) is 32.5 Å². The Morgan fingerprint density at radius 3 is 2.70 bits per heavy atom. The van der Waals surface area contributed by atoms with Crippen molar-refractivity contribution in [1.82, 2.24) is 0 Å². The number of halogens is 2. The first-order valence-electron chi connectivity index (χ1n) is 5.71. The third-order valence-corrected chi connectivity index (χ3v) is 4.20. The molecule has 4 nitrogen and oxygen atoms in total. The molecule has 0 saturated carbocycles. The molecule has 0 heterocycles. The molecule has 0 aromatic heterocycles. The second-order valence-electron chi connectivity index (χ2n) is 4.15. The Hall–Kier alpha value is -1.47. The summed E-state index contributed by atoms with van der Waals surface area (Å²) >= 11 is 8.24. The highest BCUT2D eigenvalue weighted by atomic mass is 127. The maximum Gasteiger partial charge on any atom is 0.270 e. The van der Waals surface area contributed by atoms with Gasteiger partial charge in [-0.25, -0.2) is 0 Å². The van der Waals surface area contributed by atoms with Gasteiger partial charge in [-0.3, -0.25) is 15.1 Å². The summed E-state index contributed by atoms with van der Waals surface area (Å²) < 4.78 is 1.11. The number of rotatable bonds is 3. The summed E-state index contributed by atoms with van der Waals surface area (Å²) in [7, 11) is 0. The van der Waals surface area contributed by atoms with Gasteiger partial charge in [-0.05, 0) is 53.3 Å². The van der Waals surface area contributed by atoms with Crippen molar-refractivity contribution in [1.29, 1.82) is 0 Å². The summed E-state index contributed by atoms with van der Waals surface area (Å²) in [6, 6.07) is 10.1. The first-order chi connectivity index (χ1) is 9.47. The molecule has 2 aromatic carbocycles. The number of nitro groups is 1. The first-order valence-corrected chi connectivity index (χ1v) is 7.17. The quantitative estimate of drug-likeness (QED) is 0.318. The van der Waals surface area contributed by atoms with Gasteiger partial charge in [0.05, 0.1) is 10.6 Å². The van der Waals surface area contributed by atoms with Crippen LogP contribution in [-0.2, 0) is 0 Å². The summed E-state index contributed by atoms with van der Waals surface area (Å²) in [5.41, 5.74) is 2.48. The third-order valence-electron chi connectivity index (χ3n) is 2.70. The lowest BCUT2D eigenvalue weighted by atomic mass is 10.2. The van der Waals surface area contributed by atoms with Crippen LogP contribution >= 0.6 is 34.2 Å². The number of nitro benzene ring substituents is 1. The van der Waals surface area contributed by atoms with Crippen LogP contribution in [0.5, 0.6) is 0 Å². The van der Waals surface area contributed by atoms with Crippen molar-refractivity contribution in [3.8, 4) is 0 Å². The molecule has 0 fully saturated rings. The van der Waals surface area contributed by atoms with Crippen molar-refractivity contribution < 1.29 is 4.92 Å². The van der Waals surface area contributed by atoms with Crippen LogP contribution < -0.4 is 0 Å². The molecule has 0 saturated heterocycles. The largest absolute Gasteiger partial charge is 0.270 e. The van der Waals surface area contributed by atoms with Crippen molar-refractivity contribution in [2.24, 2.45) is 4.99 Å². The average Bonchev–Trinajstić information content (AvgIpc) is 2.41. The van der Waals surface area contributed by atoms with Crippen LogP contribution in [-0.4, -0.2) is 11.1 Å². The minimum absolute atomic E-state index is 0.00524. The van der Waals surface area contributed by atoms with Gasteiger partial charge in [-0.15, -0.1) is 0 Å². The molecule has 0 N–H and O–H groups in total. The predicted molar refractivity (Wildman–Crippen MR) is 89.3 cm³/mol. The lowest BCUT2D eigenvalue weighted by Crippen LogP contribution is -1.90. The average molecular weight is 401 g/mol. The molecule has 0 amide bonds. The molecule has 0 aliphatic rings. The molecular weight excluding hydrogens is 391 g/mol. The van der Waals surface area contributed by atoms with Gasteiger partial charge in [0.25, 0.3) is 5.69 Å². The van der Waals surface area contributed by atoms with E-state index >= 15 is 0 Å². The molecule has 0 atom stereocenters. The zero-order chi connectivity index (χ0) is 14.7. The lowest BCUT2D eigenvalue weighted by molar-refractivity contribution is -0.384. The molecule has 0 spiro atoms. The van der Waals surface area contributed by atoms with E-state index in [0.717, 1.165) is 9.26 Å². The molecule has 0 aliphatic carbocycles. The maximum absolute atomic E-state index is 10.7. The molecule has 0 unspecified atom stereocenters. The van der Waals surface area contributed by atoms with Crippen LogP contribution in [0.15, 0.2) is 41.4 Å². The van der Waals surface area contributed by atoms with Crippen molar-refractivity contribution in [3.05, 3.63) is 66.2 Å². The Balaban J connectivity index is 2.33. The fourth-order valence-corrected chi connectivity index (χ4v) is 2.21. The minimum atomic E-state index is -0.456. The van der Waals surface area contributed by atoms with Gasteiger partial charge < -0.3 is 0 Å². The lowest BCUT2D eigenvalue weighted by Gasteiger charge is -2.00. The second kappa shape index (κ2) is 6.32. The van der Waals surface area contributed by atoms with Crippen LogP contribution in [0.25, 0.3) is 0 Å². The van der Waals surface area contributed by atoms with Crippen molar-refractivity contribution >= 4 is 51.8 Å². The Morgan fingerprint density at radius 1 is 1.30 bits per heavy atom. The van der Waals surface area contributed by atoms with Gasteiger partial charge in [0.2, 0.25) is 0 Å². The van der Waals surface area contributed by atoms with E-state index in [1.165, 1.54) is 30.0 Å². The molecule has 0 aliphatic heterocycles. The number of benzene rings is 2. The van der Waals surface area contributed by atoms with Gasteiger partial charge in [-0.2, -0.15) is 0 Å². The van der Waals surface area contributed by atoms with Crippen LogP contribution in [0.4, 0.5) is 11.4 Å². The van der Waals surface area contributed by atoms with E-state index in [1.54, 1.807) is 0 Å². The summed E-state index contributed by atoms with van der Waals surface area (Å²) in [6.07, 6.45) is 1.54. The van der Waals surface area contributed by atoms with Crippen molar-refractivity contribution in [2.75, 3.05) is 0 Å². The van der Waals surface area contributed by atoms with Crippen molar-refractivity contribution in [2.45, 2.75) is 6.92 Å². The van der Waals surface area contributed by atoms with E-state index in [9.17, 15) is 10.1 Å². The number of hydrogen-bond acceptors (Lipinski definition) is 3. The summed E-state index contributed by atoms with van der Waals surface area (Å²) in [5, 5.41) is 11.2. The Morgan fingerprint density at radius 2 is 2.05 bits per heavy atom. The van der Waals surface area contributed by atoms with Crippen LogP contribution in [0, 0.1) is 20.6 Å². The van der Waals surface area contributed by atoms with Gasteiger partial charge in [0.15, 0.2) is 0 Å². The Kier molecular flexibility index (Phi) is 4.72. The number of aryl methyl sites for hydroxylation is 1. The normalized spacial score (nSPS) is 10.9. The van der Waals surface area contributed by atoms with Crippen molar-refractivity contribution in [3.63, 3.8) is 0 Å². The second-order valence-corrected chi connectivity index (χ2v) is 5.72. The number of aliphatic imine (C=N–C) groups is 1. The Labute approximate surface area is 134 Å². The molecular formula is C14H10ClIN2O2. The molecule has 6 heteroatoms. The fraction of sp³-hybridized carbons (Fsp3) is 0.0714. The number of nitrogens with zero attached hydrogens (tertiary/aromatic N) is 2. The van der Waals surface area contributed by atoms with E-state index in [2.05, 4.69) is 27.6 Å². The van der Waals surface area contributed by atoms with E-state index < -0.39 is 4.92 Å². The van der Waals surface area contributed by atoms with E-state index in [0.29, 0.717) is 10.6 Å². The van der Waals surface area contributed by atoms with Crippen LogP contribution in [0.3, 0.4) is 0 Å². The standard InChI is InChI=1S/C14H10ClIN2O2/c1-9-2-3-11(7-14(9)16)17-8-10-6-12(18(19)20)4-5-13(10)15/h2-8H,1H3. The van der Waals surface area contributed by atoms with Gasteiger partial charge >= 0.3 is 0 Å². The monoisotopic (exact) mass is 400 g/mol. The van der Waals surface area contributed by atoms with E-state index in [1.807, 2.05) is 25.1 Å². The highest BCUT2D eigenvalue weighted by Crippen LogP contribution is 2.23. The number of hydrogen-bond donors (Lipinski definition) is 0. The molecule has 0 radical (unpaired) electrons.